The van der Waals surface area contributed by atoms with Gasteiger partial charge in [-0.2, -0.15) is 0 Å². The monoisotopic (exact) mass is 502 g/mol. The minimum Gasteiger partial charge on any atom is -0.483 e. The molecule has 5 nitrogen and oxygen atoms in total. The second-order valence-electron chi connectivity index (χ2n) is 7.55. The van der Waals surface area contributed by atoms with Gasteiger partial charge in [0, 0.05) is 17.8 Å². The minimum absolute atomic E-state index is 0.0509. The highest BCUT2D eigenvalue weighted by molar-refractivity contribution is 9.10. The summed E-state index contributed by atoms with van der Waals surface area (Å²) in [5, 5.41) is 7.80. The molecule has 4 aromatic rings. The molecule has 2 amide bonds. The molecular weight excluding hydrogens is 480 g/mol. The number of fused-ring (bicyclic) bond motifs is 1. The van der Waals surface area contributed by atoms with Gasteiger partial charge >= 0.3 is 0 Å². The molecule has 0 aliphatic heterocycles. The first-order valence-corrected chi connectivity index (χ1v) is 11.4. The average Bonchev–Trinajstić information content (AvgIpc) is 2.84. The first kappa shape index (κ1) is 22.6. The van der Waals surface area contributed by atoms with E-state index in [0.29, 0.717) is 30.0 Å². The number of carbonyl (C=O) groups excluding carboxylic acids is 2. The van der Waals surface area contributed by atoms with Gasteiger partial charge in [0.2, 0.25) is 5.91 Å². The third-order valence-corrected chi connectivity index (χ3v) is 5.94. The van der Waals surface area contributed by atoms with Crippen molar-refractivity contribution in [2.75, 3.05) is 17.2 Å². The molecule has 0 unspecified atom stereocenters. The van der Waals surface area contributed by atoms with Gasteiger partial charge in [-0.05, 0) is 69.0 Å². The number of anilines is 2. The largest absolute Gasteiger partial charge is 0.483 e. The Morgan fingerprint density at radius 2 is 1.36 bits per heavy atom. The van der Waals surface area contributed by atoms with Crippen molar-refractivity contribution in [3.63, 3.8) is 0 Å². The van der Waals surface area contributed by atoms with Crippen LogP contribution in [-0.2, 0) is 16.0 Å². The van der Waals surface area contributed by atoms with Crippen LogP contribution in [0.3, 0.4) is 0 Å². The molecule has 0 radical (unpaired) electrons. The number of hydrogen-bond donors (Lipinski definition) is 2. The molecule has 0 aromatic heterocycles. The molecule has 4 rings (SSSR count). The molecule has 0 heterocycles. The Bertz CT molecular complexity index is 1260. The van der Waals surface area contributed by atoms with E-state index in [1.807, 2.05) is 66.7 Å². The average molecular weight is 503 g/mol. The molecular formula is C27H23BrN2O3. The fourth-order valence-electron chi connectivity index (χ4n) is 3.43. The highest BCUT2D eigenvalue weighted by atomic mass is 79.9. The molecule has 4 aromatic carbocycles. The lowest BCUT2D eigenvalue weighted by molar-refractivity contribution is -0.118. The lowest BCUT2D eigenvalue weighted by Gasteiger charge is -2.11. The minimum atomic E-state index is -0.269. The van der Waals surface area contributed by atoms with Gasteiger partial charge in [-0.1, -0.05) is 60.7 Å². The maximum Gasteiger partial charge on any atom is 0.262 e. The molecule has 166 valence electrons. The number of aryl methyl sites for hydroxylation is 1. The van der Waals surface area contributed by atoms with Gasteiger partial charge in [-0.25, -0.2) is 0 Å². The van der Waals surface area contributed by atoms with Crippen LogP contribution >= 0.6 is 15.9 Å². The van der Waals surface area contributed by atoms with Crippen LogP contribution in [-0.4, -0.2) is 18.4 Å². The standard InChI is InChI=1S/C27H23BrN2O3/c28-27-23-9-5-4-8-20(23)11-16-24(27)33-18-26(32)30-22-14-12-21(13-15-22)29-25(31)17-10-19-6-2-1-3-7-19/h1-9,11-16H,10,17-18H2,(H,29,31)(H,30,32). The van der Waals surface area contributed by atoms with Gasteiger partial charge in [0.05, 0.1) is 4.47 Å². The van der Waals surface area contributed by atoms with Gasteiger partial charge in [0.25, 0.3) is 5.91 Å². The Hall–Kier alpha value is -3.64. The summed E-state index contributed by atoms with van der Waals surface area (Å²) in [6.07, 6.45) is 1.10. The topological polar surface area (TPSA) is 67.4 Å². The Kier molecular flexibility index (Phi) is 7.37. The van der Waals surface area contributed by atoms with Gasteiger partial charge in [0.1, 0.15) is 5.75 Å². The number of rotatable bonds is 8. The van der Waals surface area contributed by atoms with Crippen molar-refractivity contribution in [3.05, 3.63) is 101 Å². The molecule has 0 saturated heterocycles. The zero-order valence-electron chi connectivity index (χ0n) is 17.9. The van der Waals surface area contributed by atoms with Gasteiger partial charge in [0.15, 0.2) is 6.61 Å². The van der Waals surface area contributed by atoms with E-state index in [2.05, 4.69) is 26.6 Å². The predicted octanol–water partition coefficient (Wildman–Crippen LogP) is 6.19. The van der Waals surface area contributed by atoms with Crippen LogP contribution in [0.4, 0.5) is 11.4 Å². The Morgan fingerprint density at radius 3 is 2.09 bits per heavy atom. The zero-order chi connectivity index (χ0) is 23.0. The third kappa shape index (κ3) is 6.20. The molecule has 33 heavy (non-hydrogen) atoms. The van der Waals surface area contributed by atoms with Crippen molar-refractivity contribution in [2.45, 2.75) is 12.8 Å². The summed E-state index contributed by atoms with van der Waals surface area (Å²) < 4.78 is 6.52. The molecule has 0 spiro atoms. The second kappa shape index (κ2) is 10.8. The summed E-state index contributed by atoms with van der Waals surface area (Å²) in [4.78, 5) is 24.5. The fourth-order valence-corrected chi connectivity index (χ4v) is 4.04. The number of amides is 2. The van der Waals surface area contributed by atoms with Crippen molar-refractivity contribution in [1.29, 1.82) is 0 Å². The molecule has 0 fully saturated rings. The molecule has 0 bridgehead atoms. The van der Waals surface area contributed by atoms with Gasteiger partial charge in [-0.15, -0.1) is 0 Å². The zero-order valence-corrected chi connectivity index (χ0v) is 19.5. The number of carbonyl (C=O) groups is 2. The summed E-state index contributed by atoms with van der Waals surface area (Å²) in [6, 6.07) is 28.7. The summed E-state index contributed by atoms with van der Waals surface area (Å²) in [5.74, 6) is 0.289. The normalized spacial score (nSPS) is 10.6. The van der Waals surface area contributed by atoms with E-state index >= 15 is 0 Å². The summed E-state index contributed by atoms with van der Waals surface area (Å²) in [5.41, 5.74) is 2.44. The smallest absolute Gasteiger partial charge is 0.262 e. The van der Waals surface area contributed by atoms with E-state index in [4.69, 9.17) is 4.74 Å². The molecule has 6 heteroatoms. The number of halogens is 1. The fraction of sp³-hybridized carbons (Fsp3) is 0.111. The van der Waals surface area contributed by atoms with Crippen LogP contribution < -0.4 is 15.4 Å². The van der Waals surface area contributed by atoms with E-state index in [1.165, 1.54) is 0 Å². The molecule has 2 N–H and O–H groups in total. The number of nitrogens with one attached hydrogen (secondary N) is 2. The first-order valence-electron chi connectivity index (χ1n) is 10.6. The number of benzene rings is 4. The van der Waals surface area contributed by atoms with E-state index in [9.17, 15) is 9.59 Å². The molecule has 0 atom stereocenters. The highest BCUT2D eigenvalue weighted by Crippen LogP contribution is 2.33. The third-order valence-electron chi connectivity index (χ3n) is 5.12. The van der Waals surface area contributed by atoms with Crippen LogP contribution in [0.5, 0.6) is 5.75 Å². The van der Waals surface area contributed by atoms with Crippen molar-refractivity contribution < 1.29 is 14.3 Å². The maximum atomic E-state index is 12.3. The quantitative estimate of drug-likeness (QED) is 0.301. The SMILES string of the molecule is O=C(CCc1ccccc1)Nc1ccc(NC(=O)COc2ccc3ccccc3c2Br)cc1. The van der Waals surface area contributed by atoms with E-state index in [1.54, 1.807) is 24.3 Å². The van der Waals surface area contributed by atoms with Gasteiger partial charge < -0.3 is 15.4 Å². The Balaban J connectivity index is 1.26. The number of ether oxygens (including phenoxy) is 1. The summed E-state index contributed by atoms with van der Waals surface area (Å²) >= 11 is 3.56. The Labute approximate surface area is 200 Å². The highest BCUT2D eigenvalue weighted by Gasteiger charge is 2.09. The Morgan fingerprint density at radius 1 is 0.727 bits per heavy atom. The lowest BCUT2D eigenvalue weighted by atomic mass is 10.1. The number of hydrogen-bond acceptors (Lipinski definition) is 3. The molecule has 0 aliphatic carbocycles. The van der Waals surface area contributed by atoms with Crippen LogP contribution in [0.1, 0.15) is 12.0 Å². The van der Waals surface area contributed by atoms with Crippen molar-refractivity contribution >= 4 is 49.9 Å². The van der Waals surface area contributed by atoms with Crippen molar-refractivity contribution in [2.24, 2.45) is 0 Å². The van der Waals surface area contributed by atoms with Crippen molar-refractivity contribution in [1.82, 2.24) is 0 Å². The van der Waals surface area contributed by atoms with Crippen LogP contribution in [0, 0.1) is 0 Å². The summed E-state index contributed by atoms with van der Waals surface area (Å²) in [6.45, 7) is -0.116. The van der Waals surface area contributed by atoms with E-state index in [-0.39, 0.29) is 18.4 Å². The van der Waals surface area contributed by atoms with Crippen LogP contribution in [0.25, 0.3) is 10.8 Å². The maximum absolute atomic E-state index is 12.3. The second-order valence-corrected chi connectivity index (χ2v) is 8.34. The molecule has 0 aliphatic rings. The first-order chi connectivity index (χ1) is 16.1. The van der Waals surface area contributed by atoms with Crippen molar-refractivity contribution in [3.8, 4) is 5.75 Å². The van der Waals surface area contributed by atoms with E-state index in [0.717, 1.165) is 20.8 Å². The summed E-state index contributed by atoms with van der Waals surface area (Å²) in [7, 11) is 0. The predicted molar refractivity (Wildman–Crippen MR) is 136 cm³/mol. The molecule has 0 saturated carbocycles. The van der Waals surface area contributed by atoms with Crippen LogP contribution in [0.2, 0.25) is 0 Å². The lowest BCUT2D eigenvalue weighted by Crippen LogP contribution is -2.20. The van der Waals surface area contributed by atoms with E-state index < -0.39 is 0 Å². The van der Waals surface area contributed by atoms with Gasteiger partial charge in [-0.3, -0.25) is 9.59 Å². The van der Waals surface area contributed by atoms with Crippen LogP contribution in [0.15, 0.2) is 95.5 Å².